The maximum Gasteiger partial charge on any atom is 0.295 e. The van der Waals surface area contributed by atoms with Crippen LogP contribution in [0.25, 0.3) is 0 Å². The number of likely N-dealkylation sites (N-methyl/N-ethyl adjacent to an activating group) is 2. The molecule has 3 aromatic rings. The molecule has 368 valence electrons. The van der Waals surface area contributed by atoms with Gasteiger partial charge >= 0.3 is 0 Å². The number of phenolic OH excluding ortho intramolecular Hbond substituents is 1. The predicted molar refractivity (Wildman–Crippen MR) is 254 cm³/mol. The number of ether oxygens (including phenoxy) is 2. The standard InChI is InChI=1S/C50H67N7O11/c1-31(2)27-41(56(6)44(60)30-51-5)49(65)55-39(28-35-16-20-37(59)21-17-35)47(63)53-32(3)46(62)52-24-26-68-43-29-36(19-23-42(43)67-7)45(61)50(66)57-25-12-11-15-40(57)48(64)54-38(33(4)58)22-18-34-13-9-8-10-14-34/h8-10,13-14,16-17,19-21,23,29,31-32,38-41,51,59H,11-12,15,18,22,24-28,30H2,1-7H3,(H,52,62)(H,53,63)(H,54,64)(H,55,65). The Hall–Kier alpha value is -6.82. The minimum atomic E-state index is -1.16. The van der Waals surface area contributed by atoms with Crippen LogP contribution in [0.4, 0.5) is 0 Å². The summed E-state index contributed by atoms with van der Waals surface area (Å²) in [6.45, 7) is 6.74. The zero-order chi connectivity index (χ0) is 49.9. The number of piperidine rings is 1. The second-order valence-electron chi connectivity index (χ2n) is 17.4. The number of Topliss-reactive ketones (excluding diaryl/α,β-unsaturated/α-hetero) is 2. The third kappa shape index (κ3) is 15.9. The molecule has 68 heavy (non-hydrogen) atoms. The number of carbonyl (C=O) groups excluding carboxylic acids is 8. The van der Waals surface area contributed by atoms with Crippen molar-refractivity contribution < 1.29 is 52.9 Å². The van der Waals surface area contributed by atoms with Crippen LogP contribution in [0.3, 0.4) is 0 Å². The molecule has 0 radical (unpaired) electrons. The number of nitrogens with zero attached hydrogens (tertiary/aromatic N) is 2. The third-order valence-electron chi connectivity index (χ3n) is 11.7. The monoisotopic (exact) mass is 941 g/mol. The van der Waals surface area contributed by atoms with E-state index >= 15 is 0 Å². The molecule has 4 rings (SSSR count). The smallest absolute Gasteiger partial charge is 0.295 e. The van der Waals surface area contributed by atoms with Crippen molar-refractivity contribution in [1.82, 2.24) is 36.4 Å². The van der Waals surface area contributed by atoms with E-state index in [-0.39, 0.29) is 73.1 Å². The van der Waals surface area contributed by atoms with E-state index in [1.807, 2.05) is 44.2 Å². The zero-order valence-electron chi connectivity index (χ0n) is 40.1. The number of phenols is 1. The quantitative estimate of drug-likeness (QED) is 0.0408. The molecule has 3 aromatic carbocycles. The van der Waals surface area contributed by atoms with Gasteiger partial charge < -0.3 is 51.0 Å². The Morgan fingerprint density at radius 3 is 2.18 bits per heavy atom. The first kappa shape index (κ1) is 53.8. The fourth-order valence-electron chi connectivity index (χ4n) is 7.78. The van der Waals surface area contributed by atoms with Gasteiger partial charge in [-0.3, -0.25) is 38.4 Å². The molecule has 1 aliphatic heterocycles. The van der Waals surface area contributed by atoms with Gasteiger partial charge in [-0.15, -0.1) is 0 Å². The van der Waals surface area contributed by atoms with Crippen molar-refractivity contribution in [3.05, 3.63) is 89.5 Å². The Labute approximate surface area is 398 Å². The SMILES string of the molecule is CNCC(=O)N(C)C(CC(C)C)C(=O)NC(Cc1ccc(O)cc1)C(=O)NC(C)C(=O)NCCOc1cc(C(=O)C(=O)N2CCCCC2C(=O)NC(CCc2ccccc2)C(C)=O)ccc1OC. The molecular weight excluding hydrogens is 875 g/mol. The number of methoxy groups -OCH3 is 1. The average molecular weight is 942 g/mol. The molecule has 0 saturated carbocycles. The molecule has 1 aliphatic rings. The highest BCUT2D eigenvalue weighted by molar-refractivity contribution is 6.43. The summed E-state index contributed by atoms with van der Waals surface area (Å²) in [6, 6.07) is 15.1. The van der Waals surface area contributed by atoms with Crippen LogP contribution in [0.5, 0.6) is 17.2 Å². The molecule has 6 N–H and O–H groups in total. The van der Waals surface area contributed by atoms with Gasteiger partial charge in [0.15, 0.2) is 17.3 Å². The number of rotatable bonds is 25. The molecule has 6 amide bonds. The van der Waals surface area contributed by atoms with Crippen molar-refractivity contribution in [3.63, 3.8) is 0 Å². The van der Waals surface area contributed by atoms with Crippen LogP contribution in [0.15, 0.2) is 72.8 Å². The van der Waals surface area contributed by atoms with E-state index in [2.05, 4.69) is 26.6 Å². The van der Waals surface area contributed by atoms with E-state index in [4.69, 9.17) is 9.47 Å². The summed E-state index contributed by atoms with van der Waals surface area (Å²) in [7, 11) is 4.55. The van der Waals surface area contributed by atoms with Crippen molar-refractivity contribution in [2.45, 2.75) is 103 Å². The number of likely N-dealkylation sites (tertiary alicyclic amines) is 1. The highest BCUT2D eigenvalue weighted by Gasteiger charge is 2.37. The summed E-state index contributed by atoms with van der Waals surface area (Å²) in [6.07, 6.45) is 2.87. The average Bonchev–Trinajstić information content (AvgIpc) is 3.32. The van der Waals surface area contributed by atoms with Crippen molar-refractivity contribution in [1.29, 1.82) is 0 Å². The number of hydrogen-bond donors (Lipinski definition) is 6. The van der Waals surface area contributed by atoms with Gasteiger partial charge in [-0.1, -0.05) is 56.3 Å². The number of carbonyl (C=O) groups is 8. The van der Waals surface area contributed by atoms with Crippen LogP contribution < -0.4 is 36.1 Å². The van der Waals surface area contributed by atoms with Crippen molar-refractivity contribution in [3.8, 4) is 17.2 Å². The fraction of sp³-hybridized carbons (Fsp3) is 0.480. The lowest BCUT2D eigenvalue weighted by atomic mass is 9.98. The minimum absolute atomic E-state index is 0.0122. The van der Waals surface area contributed by atoms with Crippen LogP contribution in [0.2, 0.25) is 0 Å². The Balaban J connectivity index is 1.37. The maximum absolute atomic E-state index is 13.8. The number of aryl methyl sites for hydroxylation is 1. The molecule has 18 nitrogen and oxygen atoms in total. The minimum Gasteiger partial charge on any atom is -0.508 e. The molecule has 0 spiro atoms. The van der Waals surface area contributed by atoms with Crippen LogP contribution in [-0.4, -0.2) is 140 Å². The first-order valence-electron chi connectivity index (χ1n) is 23.0. The van der Waals surface area contributed by atoms with Gasteiger partial charge in [0.05, 0.1) is 26.2 Å². The van der Waals surface area contributed by atoms with E-state index in [0.29, 0.717) is 44.1 Å². The van der Waals surface area contributed by atoms with Crippen molar-refractivity contribution in [2.24, 2.45) is 5.92 Å². The number of hydrogen-bond acceptors (Lipinski definition) is 12. The summed E-state index contributed by atoms with van der Waals surface area (Å²) < 4.78 is 11.3. The Bertz CT molecular complexity index is 2220. The first-order chi connectivity index (χ1) is 32.4. The van der Waals surface area contributed by atoms with E-state index in [1.54, 1.807) is 19.2 Å². The number of nitrogens with one attached hydrogen (secondary N) is 5. The molecule has 0 aromatic heterocycles. The van der Waals surface area contributed by atoms with Gasteiger partial charge in [0.1, 0.15) is 36.5 Å². The van der Waals surface area contributed by atoms with Gasteiger partial charge in [-0.25, -0.2) is 0 Å². The van der Waals surface area contributed by atoms with Gasteiger partial charge in [0.2, 0.25) is 29.5 Å². The summed E-state index contributed by atoms with van der Waals surface area (Å²) in [5.41, 5.74) is 1.63. The number of benzene rings is 3. The van der Waals surface area contributed by atoms with Crippen molar-refractivity contribution in [2.75, 3.05) is 47.4 Å². The Kier molecular flexibility index (Phi) is 21.0. The number of ketones is 2. The molecule has 18 heteroatoms. The molecule has 5 atom stereocenters. The molecule has 0 aliphatic carbocycles. The summed E-state index contributed by atoms with van der Waals surface area (Å²) in [4.78, 5) is 110. The van der Waals surface area contributed by atoms with E-state index in [1.165, 1.54) is 68.1 Å². The number of aromatic hydroxyl groups is 1. The summed E-state index contributed by atoms with van der Waals surface area (Å²) in [5, 5.41) is 23.6. The van der Waals surface area contributed by atoms with E-state index < -0.39 is 65.5 Å². The zero-order valence-corrected chi connectivity index (χ0v) is 40.1. The van der Waals surface area contributed by atoms with Crippen LogP contribution >= 0.6 is 0 Å². The summed E-state index contributed by atoms with van der Waals surface area (Å²) in [5.74, 6) is -4.12. The fourth-order valence-corrected chi connectivity index (χ4v) is 7.78. The molecule has 5 unspecified atom stereocenters. The largest absolute Gasteiger partial charge is 0.508 e. The predicted octanol–water partition coefficient (Wildman–Crippen LogP) is 2.49. The molecular formula is C50H67N7O11. The van der Waals surface area contributed by atoms with Crippen LogP contribution in [0, 0.1) is 5.92 Å². The van der Waals surface area contributed by atoms with Crippen LogP contribution in [0.1, 0.15) is 81.3 Å². The molecule has 0 bridgehead atoms. The third-order valence-corrected chi connectivity index (χ3v) is 11.7. The van der Waals surface area contributed by atoms with E-state index in [0.717, 1.165) is 5.56 Å². The molecule has 1 fully saturated rings. The Morgan fingerprint density at radius 1 is 0.824 bits per heavy atom. The lowest BCUT2D eigenvalue weighted by Gasteiger charge is -2.35. The maximum atomic E-state index is 13.8. The van der Waals surface area contributed by atoms with E-state index in [9.17, 15) is 43.5 Å². The number of amides is 6. The van der Waals surface area contributed by atoms with Gasteiger partial charge in [0, 0.05) is 25.6 Å². The van der Waals surface area contributed by atoms with Gasteiger partial charge in [0.25, 0.3) is 11.7 Å². The van der Waals surface area contributed by atoms with Crippen molar-refractivity contribution >= 4 is 47.0 Å². The van der Waals surface area contributed by atoms with Crippen LogP contribution in [-0.2, 0) is 46.4 Å². The normalized spacial score (nSPS) is 15.2. The topological polar surface area (TPSA) is 242 Å². The highest BCUT2D eigenvalue weighted by Crippen LogP contribution is 2.29. The lowest BCUT2D eigenvalue weighted by molar-refractivity contribution is -0.140. The van der Waals surface area contributed by atoms with Gasteiger partial charge in [-0.05, 0) is 107 Å². The molecule has 1 heterocycles. The van der Waals surface area contributed by atoms with Gasteiger partial charge in [-0.2, -0.15) is 0 Å². The second-order valence-corrected chi connectivity index (χ2v) is 17.4. The molecule has 1 saturated heterocycles. The second kappa shape index (κ2) is 26.5. The first-order valence-corrected chi connectivity index (χ1v) is 23.0. The lowest BCUT2D eigenvalue weighted by Crippen LogP contribution is -2.57. The summed E-state index contributed by atoms with van der Waals surface area (Å²) >= 11 is 0. The Morgan fingerprint density at radius 2 is 1.53 bits per heavy atom. The highest BCUT2D eigenvalue weighted by atomic mass is 16.5.